The molecule has 0 saturated carbocycles. The zero-order valence-electron chi connectivity index (χ0n) is 14.1. The van der Waals surface area contributed by atoms with Crippen molar-refractivity contribution in [1.29, 1.82) is 0 Å². The van der Waals surface area contributed by atoms with E-state index in [1.54, 1.807) is 18.6 Å². The first-order valence-corrected chi connectivity index (χ1v) is 8.12. The minimum absolute atomic E-state index is 0.680. The summed E-state index contributed by atoms with van der Waals surface area (Å²) in [6.45, 7) is 4.61. The summed E-state index contributed by atoms with van der Waals surface area (Å²) >= 11 is 0. The second kappa shape index (κ2) is 6.32. The fourth-order valence-corrected chi connectivity index (χ4v) is 2.81. The maximum atomic E-state index is 4.69. The molecular weight excluding hydrogens is 312 g/mol. The van der Waals surface area contributed by atoms with Crippen LogP contribution in [0.1, 0.15) is 17.0 Å². The SMILES string of the molecule is Cc1cnc(C)c(-c2cc(NCc3ccncc3)nc3[nH]ccc23)n1. The number of pyridine rings is 2. The largest absolute Gasteiger partial charge is 0.366 e. The van der Waals surface area contributed by atoms with Crippen LogP contribution < -0.4 is 5.32 Å². The number of fused-ring (bicyclic) bond motifs is 1. The van der Waals surface area contributed by atoms with E-state index in [1.165, 1.54) is 0 Å². The molecule has 0 fully saturated rings. The van der Waals surface area contributed by atoms with Gasteiger partial charge in [-0.05, 0) is 43.7 Å². The van der Waals surface area contributed by atoms with Crippen molar-refractivity contribution in [1.82, 2.24) is 24.9 Å². The van der Waals surface area contributed by atoms with Gasteiger partial charge in [0.2, 0.25) is 0 Å². The van der Waals surface area contributed by atoms with Crippen LogP contribution in [0.25, 0.3) is 22.3 Å². The molecule has 0 amide bonds. The highest BCUT2D eigenvalue weighted by Crippen LogP contribution is 2.30. The van der Waals surface area contributed by atoms with Crippen molar-refractivity contribution in [2.75, 3.05) is 5.32 Å². The highest BCUT2D eigenvalue weighted by molar-refractivity contribution is 5.94. The molecule has 4 heterocycles. The van der Waals surface area contributed by atoms with Gasteiger partial charge in [-0.15, -0.1) is 0 Å². The van der Waals surface area contributed by atoms with E-state index >= 15 is 0 Å². The Morgan fingerprint density at radius 2 is 1.92 bits per heavy atom. The van der Waals surface area contributed by atoms with E-state index in [-0.39, 0.29) is 0 Å². The third-order valence-corrected chi connectivity index (χ3v) is 4.08. The van der Waals surface area contributed by atoms with Gasteiger partial charge in [0.15, 0.2) is 0 Å². The van der Waals surface area contributed by atoms with Gasteiger partial charge in [-0.3, -0.25) is 9.97 Å². The number of H-pyrrole nitrogens is 1. The van der Waals surface area contributed by atoms with Crippen LogP contribution in [0.15, 0.2) is 49.1 Å². The highest BCUT2D eigenvalue weighted by atomic mass is 15.0. The van der Waals surface area contributed by atoms with Crippen LogP contribution in [-0.2, 0) is 6.54 Å². The third kappa shape index (κ3) is 3.06. The Morgan fingerprint density at radius 3 is 2.76 bits per heavy atom. The van der Waals surface area contributed by atoms with Crippen molar-refractivity contribution >= 4 is 16.9 Å². The molecule has 4 aromatic heterocycles. The number of aryl methyl sites for hydroxylation is 2. The van der Waals surface area contributed by atoms with Gasteiger partial charge in [-0.1, -0.05) is 0 Å². The number of nitrogens with zero attached hydrogens (tertiary/aromatic N) is 4. The monoisotopic (exact) mass is 330 g/mol. The van der Waals surface area contributed by atoms with Crippen molar-refractivity contribution in [2.24, 2.45) is 0 Å². The summed E-state index contributed by atoms with van der Waals surface area (Å²) < 4.78 is 0. The minimum Gasteiger partial charge on any atom is -0.366 e. The summed E-state index contributed by atoms with van der Waals surface area (Å²) in [5.74, 6) is 0.796. The summed E-state index contributed by atoms with van der Waals surface area (Å²) in [6.07, 6.45) is 7.26. The van der Waals surface area contributed by atoms with Gasteiger partial charge in [0.25, 0.3) is 0 Å². The van der Waals surface area contributed by atoms with Crippen molar-refractivity contribution in [3.05, 3.63) is 66.0 Å². The zero-order chi connectivity index (χ0) is 17.2. The number of hydrogen-bond acceptors (Lipinski definition) is 5. The van der Waals surface area contributed by atoms with Gasteiger partial charge in [-0.2, -0.15) is 0 Å². The van der Waals surface area contributed by atoms with E-state index in [1.807, 2.05) is 44.3 Å². The van der Waals surface area contributed by atoms with E-state index < -0.39 is 0 Å². The molecule has 0 aliphatic rings. The Balaban J connectivity index is 1.76. The van der Waals surface area contributed by atoms with Crippen LogP contribution in [0.2, 0.25) is 0 Å². The molecule has 0 bridgehead atoms. The average Bonchev–Trinajstić information content (AvgIpc) is 3.11. The van der Waals surface area contributed by atoms with Gasteiger partial charge in [0.1, 0.15) is 11.5 Å². The van der Waals surface area contributed by atoms with E-state index in [2.05, 4.69) is 25.3 Å². The third-order valence-electron chi connectivity index (χ3n) is 4.08. The van der Waals surface area contributed by atoms with E-state index in [9.17, 15) is 0 Å². The van der Waals surface area contributed by atoms with Gasteiger partial charge in [-0.25, -0.2) is 9.97 Å². The number of rotatable bonds is 4. The lowest BCUT2D eigenvalue weighted by Gasteiger charge is -2.11. The molecule has 0 aliphatic carbocycles. The predicted molar refractivity (Wildman–Crippen MR) is 98.2 cm³/mol. The molecule has 0 aliphatic heterocycles. The maximum Gasteiger partial charge on any atom is 0.140 e. The molecule has 0 unspecified atom stereocenters. The molecular formula is C19H18N6. The fourth-order valence-electron chi connectivity index (χ4n) is 2.81. The first-order chi connectivity index (χ1) is 12.2. The van der Waals surface area contributed by atoms with Crippen molar-refractivity contribution in [3.8, 4) is 11.3 Å². The Kier molecular flexibility index (Phi) is 3.85. The fraction of sp³-hybridized carbons (Fsp3) is 0.158. The van der Waals surface area contributed by atoms with Crippen molar-refractivity contribution in [3.63, 3.8) is 0 Å². The van der Waals surface area contributed by atoms with Crippen LogP contribution in [0, 0.1) is 13.8 Å². The molecule has 6 heteroatoms. The second-order valence-electron chi connectivity index (χ2n) is 5.95. The molecule has 124 valence electrons. The van der Waals surface area contributed by atoms with Crippen LogP contribution >= 0.6 is 0 Å². The van der Waals surface area contributed by atoms with Gasteiger partial charge >= 0.3 is 0 Å². The number of aromatic nitrogens is 5. The predicted octanol–water partition coefficient (Wildman–Crippen LogP) is 3.64. The molecule has 0 saturated heterocycles. The van der Waals surface area contributed by atoms with Gasteiger partial charge < -0.3 is 10.3 Å². The maximum absolute atomic E-state index is 4.69. The van der Waals surface area contributed by atoms with Crippen LogP contribution in [0.4, 0.5) is 5.82 Å². The zero-order valence-corrected chi connectivity index (χ0v) is 14.1. The van der Waals surface area contributed by atoms with E-state index in [0.29, 0.717) is 6.54 Å². The molecule has 0 aromatic carbocycles. The Labute approximate surface area is 145 Å². The normalized spacial score (nSPS) is 11.0. The summed E-state index contributed by atoms with van der Waals surface area (Å²) in [6, 6.07) is 8.02. The summed E-state index contributed by atoms with van der Waals surface area (Å²) in [5, 5.41) is 4.42. The first kappa shape index (κ1) is 15.3. The number of anilines is 1. The summed E-state index contributed by atoms with van der Waals surface area (Å²) in [4.78, 5) is 21.0. The molecule has 0 radical (unpaired) electrons. The molecule has 4 rings (SSSR count). The first-order valence-electron chi connectivity index (χ1n) is 8.12. The van der Waals surface area contributed by atoms with E-state index in [0.717, 1.165) is 45.1 Å². The highest BCUT2D eigenvalue weighted by Gasteiger charge is 2.13. The molecule has 0 atom stereocenters. The molecule has 4 aromatic rings. The topological polar surface area (TPSA) is 79.4 Å². The van der Waals surface area contributed by atoms with Crippen LogP contribution in [0.5, 0.6) is 0 Å². The van der Waals surface area contributed by atoms with Crippen molar-refractivity contribution < 1.29 is 0 Å². The van der Waals surface area contributed by atoms with Gasteiger partial charge in [0.05, 0.1) is 17.1 Å². The molecule has 25 heavy (non-hydrogen) atoms. The molecule has 0 spiro atoms. The number of aromatic amines is 1. The Bertz CT molecular complexity index is 1020. The Morgan fingerprint density at radius 1 is 1.08 bits per heavy atom. The Hall–Kier alpha value is -3.28. The summed E-state index contributed by atoms with van der Waals surface area (Å²) in [7, 11) is 0. The van der Waals surface area contributed by atoms with Gasteiger partial charge in [0, 0.05) is 42.3 Å². The quantitative estimate of drug-likeness (QED) is 0.597. The van der Waals surface area contributed by atoms with E-state index in [4.69, 9.17) is 4.98 Å². The lowest BCUT2D eigenvalue weighted by atomic mass is 10.1. The molecule has 2 N–H and O–H groups in total. The second-order valence-corrected chi connectivity index (χ2v) is 5.95. The summed E-state index contributed by atoms with van der Waals surface area (Å²) in [5.41, 5.74) is 5.69. The minimum atomic E-state index is 0.680. The smallest absolute Gasteiger partial charge is 0.140 e. The number of hydrogen-bond donors (Lipinski definition) is 2. The lowest BCUT2D eigenvalue weighted by Crippen LogP contribution is -2.03. The average molecular weight is 330 g/mol. The number of nitrogens with one attached hydrogen (secondary N) is 2. The standard InChI is InChI=1S/C19H18N6/c1-12-10-22-13(2)18(24-12)16-9-17(25-19-15(16)5-8-21-19)23-11-14-3-6-20-7-4-14/h3-10H,11H2,1-2H3,(H2,21,23,25). The lowest BCUT2D eigenvalue weighted by molar-refractivity contribution is 1.07. The van der Waals surface area contributed by atoms with Crippen LogP contribution in [0.3, 0.4) is 0 Å². The molecule has 6 nitrogen and oxygen atoms in total. The van der Waals surface area contributed by atoms with Crippen molar-refractivity contribution in [2.45, 2.75) is 20.4 Å². The van der Waals surface area contributed by atoms with Crippen LogP contribution in [-0.4, -0.2) is 24.9 Å².